The van der Waals surface area contributed by atoms with E-state index in [-0.39, 0.29) is 0 Å². The second kappa shape index (κ2) is 3.69. The molecule has 0 bridgehead atoms. The average molecular weight is 173 g/mol. The Bertz CT molecular complexity index is 127. The summed E-state index contributed by atoms with van der Waals surface area (Å²) in [5, 5.41) is 3.37. The summed E-state index contributed by atoms with van der Waals surface area (Å²) in [4.78, 5) is 0. The Hall–Kier alpha value is 0.137. The Morgan fingerprint density at radius 1 is 1.45 bits per heavy atom. The van der Waals surface area contributed by atoms with Gasteiger partial charge in [0.1, 0.15) is 0 Å². The van der Waals surface area contributed by atoms with Gasteiger partial charge >= 0.3 is 0 Å². The Kier molecular flexibility index (Phi) is 3.10. The fourth-order valence-corrected chi connectivity index (χ4v) is 4.31. The third kappa shape index (κ3) is 3.36. The molecule has 1 heterocycles. The lowest BCUT2D eigenvalue weighted by atomic mass is 10.2. The molecule has 0 aromatic rings. The van der Waals surface area contributed by atoms with Crippen LogP contribution >= 0.6 is 0 Å². The summed E-state index contributed by atoms with van der Waals surface area (Å²) in [6.45, 7) is 10.0. The molecule has 66 valence electrons. The van der Waals surface area contributed by atoms with Crippen LogP contribution in [0.4, 0.5) is 0 Å². The van der Waals surface area contributed by atoms with Gasteiger partial charge in [0.25, 0.3) is 0 Å². The summed E-state index contributed by atoms with van der Waals surface area (Å²) in [6.07, 6.45) is 0. The maximum atomic E-state index is 5.82. The van der Waals surface area contributed by atoms with Gasteiger partial charge < -0.3 is 9.74 Å². The van der Waals surface area contributed by atoms with E-state index >= 15 is 0 Å². The van der Waals surface area contributed by atoms with Gasteiger partial charge in [0, 0.05) is 13.2 Å². The van der Waals surface area contributed by atoms with Gasteiger partial charge in [-0.05, 0) is 31.6 Å². The fourth-order valence-electron chi connectivity index (χ4n) is 1.72. The number of hydrogen-bond acceptors (Lipinski definition) is 2. The minimum Gasteiger partial charge on any atom is -0.416 e. The molecule has 0 spiro atoms. The van der Waals surface area contributed by atoms with Crippen molar-refractivity contribution in [2.24, 2.45) is 5.92 Å². The Morgan fingerprint density at radius 3 is 2.91 bits per heavy atom. The highest BCUT2D eigenvalue weighted by Crippen LogP contribution is 2.18. The molecule has 2 nitrogen and oxygen atoms in total. The van der Waals surface area contributed by atoms with Gasteiger partial charge in [-0.25, -0.2) is 0 Å². The predicted molar refractivity (Wildman–Crippen MR) is 50.3 cm³/mol. The standard InChI is InChI=1S/C8H19NOSi/c1-8-6-9-4-5-10-11(2,3)7-8/h8-9H,4-7H2,1-3H3. The fraction of sp³-hybridized carbons (Fsp3) is 1.00. The quantitative estimate of drug-likeness (QED) is 0.560. The second-order valence-electron chi connectivity index (χ2n) is 4.12. The first-order valence-electron chi connectivity index (χ1n) is 4.45. The molecule has 11 heavy (non-hydrogen) atoms. The van der Waals surface area contributed by atoms with E-state index in [0.717, 1.165) is 19.1 Å². The van der Waals surface area contributed by atoms with Gasteiger partial charge in [0.2, 0.25) is 0 Å². The third-order valence-corrected chi connectivity index (χ3v) is 4.77. The van der Waals surface area contributed by atoms with Gasteiger partial charge in [-0.1, -0.05) is 6.92 Å². The topological polar surface area (TPSA) is 21.3 Å². The van der Waals surface area contributed by atoms with Crippen molar-refractivity contribution in [1.82, 2.24) is 5.32 Å². The monoisotopic (exact) mass is 173 g/mol. The normalized spacial score (nSPS) is 32.5. The molecule has 1 rings (SSSR count). The van der Waals surface area contributed by atoms with Gasteiger partial charge in [-0.2, -0.15) is 0 Å². The first kappa shape index (κ1) is 9.23. The number of nitrogens with one attached hydrogen (secondary N) is 1. The lowest BCUT2D eigenvalue weighted by Gasteiger charge is -2.29. The van der Waals surface area contributed by atoms with Gasteiger partial charge in [-0.15, -0.1) is 0 Å². The van der Waals surface area contributed by atoms with Crippen LogP contribution in [-0.2, 0) is 4.43 Å². The van der Waals surface area contributed by atoms with E-state index in [1.165, 1.54) is 12.6 Å². The van der Waals surface area contributed by atoms with Crippen LogP contribution in [0.25, 0.3) is 0 Å². The molecule has 0 amide bonds. The molecule has 1 unspecified atom stereocenters. The minimum absolute atomic E-state index is 0.789. The molecule has 1 aliphatic rings. The highest BCUT2D eigenvalue weighted by atomic mass is 28.4. The van der Waals surface area contributed by atoms with Crippen molar-refractivity contribution in [3.05, 3.63) is 0 Å². The van der Waals surface area contributed by atoms with Crippen molar-refractivity contribution in [1.29, 1.82) is 0 Å². The van der Waals surface area contributed by atoms with Crippen LogP contribution in [0.5, 0.6) is 0 Å². The summed E-state index contributed by atoms with van der Waals surface area (Å²) in [7, 11) is -1.28. The first-order chi connectivity index (χ1) is 5.10. The molecule has 3 heteroatoms. The SMILES string of the molecule is CC1CNCCO[Si](C)(C)C1. The molecule has 0 aromatic carbocycles. The molecule has 0 aliphatic carbocycles. The van der Waals surface area contributed by atoms with Gasteiger partial charge in [0.05, 0.1) is 0 Å². The lowest BCUT2D eigenvalue weighted by Crippen LogP contribution is -2.40. The first-order valence-corrected chi connectivity index (χ1v) is 7.56. The van der Waals surface area contributed by atoms with Crippen LogP contribution in [0.2, 0.25) is 19.1 Å². The van der Waals surface area contributed by atoms with Gasteiger partial charge in [0.15, 0.2) is 8.32 Å². The molecule has 0 radical (unpaired) electrons. The van der Waals surface area contributed by atoms with Crippen molar-refractivity contribution in [3.63, 3.8) is 0 Å². The van der Waals surface area contributed by atoms with Crippen molar-refractivity contribution in [3.8, 4) is 0 Å². The Morgan fingerprint density at radius 2 is 2.18 bits per heavy atom. The van der Waals surface area contributed by atoms with E-state index in [2.05, 4.69) is 25.3 Å². The largest absolute Gasteiger partial charge is 0.416 e. The summed E-state index contributed by atoms with van der Waals surface area (Å²) in [6, 6.07) is 1.29. The second-order valence-corrected chi connectivity index (χ2v) is 8.34. The highest BCUT2D eigenvalue weighted by molar-refractivity contribution is 6.71. The van der Waals surface area contributed by atoms with E-state index in [0.29, 0.717) is 0 Å². The van der Waals surface area contributed by atoms with Crippen LogP contribution < -0.4 is 5.32 Å². The average Bonchev–Trinajstić information content (AvgIpc) is 1.82. The molecular formula is C8H19NOSi. The van der Waals surface area contributed by atoms with E-state index in [1.54, 1.807) is 0 Å². The summed E-state index contributed by atoms with van der Waals surface area (Å²) in [5.41, 5.74) is 0. The molecule has 0 saturated carbocycles. The van der Waals surface area contributed by atoms with E-state index in [1.807, 2.05) is 0 Å². The molecule has 1 fully saturated rings. The van der Waals surface area contributed by atoms with Crippen LogP contribution in [0, 0.1) is 5.92 Å². The van der Waals surface area contributed by atoms with Crippen molar-refractivity contribution < 1.29 is 4.43 Å². The molecule has 1 aliphatic heterocycles. The van der Waals surface area contributed by atoms with Crippen molar-refractivity contribution in [2.75, 3.05) is 19.7 Å². The van der Waals surface area contributed by atoms with Crippen LogP contribution in [-0.4, -0.2) is 28.0 Å². The molecule has 1 N–H and O–H groups in total. The van der Waals surface area contributed by atoms with Crippen LogP contribution in [0.15, 0.2) is 0 Å². The molecule has 0 aromatic heterocycles. The van der Waals surface area contributed by atoms with Crippen molar-refractivity contribution in [2.45, 2.75) is 26.1 Å². The summed E-state index contributed by atoms with van der Waals surface area (Å²) in [5.74, 6) is 0.789. The zero-order valence-electron chi connectivity index (χ0n) is 7.81. The highest BCUT2D eigenvalue weighted by Gasteiger charge is 2.26. The van der Waals surface area contributed by atoms with E-state index in [9.17, 15) is 0 Å². The van der Waals surface area contributed by atoms with E-state index < -0.39 is 8.32 Å². The minimum atomic E-state index is -1.28. The van der Waals surface area contributed by atoms with E-state index in [4.69, 9.17) is 4.43 Å². The Labute approximate surface area is 70.5 Å². The smallest absolute Gasteiger partial charge is 0.187 e. The molecule has 1 atom stereocenters. The maximum Gasteiger partial charge on any atom is 0.187 e. The molecule has 1 saturated heterocycles. The van der Waals surface area contributed by atoms with Crippen LogP contribution in [0.3, 0.4) is 0 Å². The number of rotatable bonds is 0. The van der Waals surface area contributed by atoms with Gasteiger partial charge in [-0.3, -0.25) is 0 Å². The maximum absolute atomic E-state index is 5.82. The summed E-state index contributed by atoms with van der Waals surface area (Å²) >= 11 is 0. The summed E-state index contributed by atoms with van der Waals surface area (Å²) < 4.78 is 5.82. The number of hydrogen-bond donors (Lipinski definition) is 1. The molecular weight excluding hydrogens is 154 g/mol. The Balaban J connectivity index is 2.42. The predicted octanol–water partition coefficient (Wildman–Crippen LogP) is 1.45. The zero-order chi connectivity index (χ0) is 8.32. The lowest BCUT2D eigenvalue weighted by molar-refractivity contribution is 0.282. The zero-order valence-corrected chi connectivity index (χ0v) is 8.81. The van der Waals surface area contributed by atoms with Crippen LogP contribution in [0.1, 0.15) is 6.92 Å². The van der Waals surface area contributed by atoms with Crippen molar-refractivity contribution >= 4 is 8.32 Å². The third-order valence-electron chi connectivity index (χ3n) is 2.10.